The maximum atomic E-state index is 5.14. The van der Waals surface area contributed by atoms with Gasteiger partial charge in [-0.1, -0.05) is 12.1 Å². The third-order valence-corrected chi connectivity index (χ3v) is 2.88. The van der Waals surface area contributed by atoms with Gasteiger partial charge in [-0.15, -0.1) is 12.4 Å². The first-order valence-electron chi connectivity index (χ1n) is 5.25. The first-order chi connectivity index (χ1) is 6.90. The second kappa shape index (κ2) is 5.99. The fourth-order valence-corrected chi connectivity index (χ4v) is 2.01. The molecule has 1 atom stereocenters. The molecule has 0 aliphatic carbocycles. The fraction of sp³-hybridized carbons (Fsp3) is 0.500. The Hall–Kier alpha value is -0.730. The lowest BCUT2D eigenvalue weighted by Crippen LogP contribution is -2.28. The lowest BCUT2D eigenvalue weighted by Gasteiger charge is -2.23. The molecule has 1 N–H and O–H groups in total. The Balaban J connectivity index is 0.00000112. The summed E-state index contributed by atoms with van der Waals surface area (Å²) in [5.74, 6) is 1.63. The van der Waals surface area contributed by atoms with Gasteiger partial charge in [0.25, 0.3) is 0 Å². The molecule has 1 aliphatic rings. The summed E-state index contributed by atoms with van der Waals surface area (Å²) in [5.41, 5.74) is 1.43. The van der Waals surface area contributed by atoms with Crippen molar-refractivity contribution in [2.24, 2.45) is 0 Å². The minimum atomic E-state index is 0. The summed E-state index contributed by atoms with van der Waals surface area (Å²) in [6, 6.07) is 8.45. The van der Waals surface area contributed by atoms with Crippen LogP contribution in [0.4, 0.5) is 0 Å². The first-order valence-corrected chi connectivity index (χ1v) is 5.25. The Kier molecular flexibility index (Phi) is 4.92. The third kappa shape index (κ3) is 3.11. The zero-order chi connectivity index (χ0) is 9.80. The summed E-state index contributed by atoms with van der Waals surface area (Å²) in [4.78, 5) is 0. The predicted molar refractivity (Wildman–Crippen MR) is 65.1 cm³/mol. The van der Waals surface area contributed by atoms with Crippen LogP contribution in [0, 0.1) is 0 Å². The van der Waals surface area contributed by atoms with Crippen LogP contribution in [0.1, 0.15) is 24.3 Å². The largest absolute Gasteiger partial charge is 0.497 e. The summed E-state index contributed by atoms with van der Waals surface area (Å²) in [5, 5.41) is 3.43. The van der Waals surface area contributed by atoms with Gasteiger partial charge in [0.2, 0.25) is 0 Å². The van der Waals surface area contributed by atoms with Gasteiger partial charge in [-0.2, -0.15) is 0 Å². The smallest absolute Gasteiger partial charge is 0.118 e. The van der Waals surface area contributed by atoms with Gasteiger partial charge in [0.15, 0.2) is 0 Å². The van der Waals surface area contributed by atoms with Crippen LogP contribution >= 0.6 is 12.4 Å². The monoisotopic (exact) mass is 227 g/mol. The number of piperidine rings is 1. The zero-order valence-electron chi connectivity index (χ0n) is 9.03. The van der Waals surface area contributed by atoms with E-state index in [2.05, 4.69) is 17.4 Å². The molecule has 2 rings (SSSR count). The van der Waals surface area contributed by atoms with Gasteiger partial charge >= 0.3 is 0 Å². The molecular formula is C12H18ClNO. The number of rotatable bonds is 2. The predicted octanol–water partition coefficient (Wildman–Crippen LogP) is 2.58. The van der Waals surface area contributed by atoms with Crippen molar-refractivity contribution < 1.29 is 4.74 Å². The summed E-state index contributed by atoms with van der Waals surface area (Å²) in [7, 11) is 1.71. The maximum absolute atomic E-state index is 5.14. The Labute approximate surface area is 97.4 Å². The van der Waals surface area contributed by atoms with E-state index in [1.807, 2.05) is 12.1 Å². The molecule has 15 heavy (non-hydrogen) atoms. The number of hydrogen-bond donors (Lipinski definition) is 1. The topological polar surface area (TPSA) is 21.3 Å². The number of hydrogen-bond acceptors (Lipinski definition) is 2. The van der Waals surface area contributed by atoms with Crippen LogP contribution in [-0.2, 0) is 0 Å². The lowest BCUT2D eigenvalue weighted by molar-refractivity contribution is 0.413. The molecule has 1 heterocycles. The lowest BCUT2D eigenvalue weighted by atomic mass is 9.92. The molecule has 1 unspecified atom stereocenters. The van der Waals surface area contributed by atoms with E-state index in [-0.39, 0.29) is 12.4 Å². The molecule has 1 aliphatic heterocycles. The van der Waals surface area contributed by atoms with E-state index in [0.29, 0.717) is 5.92 Å². The summed E-state index contributed by atoms with van der Waals surface area (Å²) >= 11 is 0. The van der Waals surface area contributed by atoms with Crippen molar-refractivity contribution in [2.75, 3.05) is 20.2 Å². The second-order valence-corrected chi connectivity index (χ2v) is 3.82. The van der Waals surface area contributed by atoms with E-state index in [0.717, 1.165) is 12.3 Å². The molecule has 1 aromatic rings. The highest BCUT2D eigenvalue weighted by molar-refractivity contribution is 5.85. The molecule has 1 aromatic carbocycles. The van der Waals surface area contributed by atoms with E-state index in [9.17, 15) is 0 Å². The van der Waals surface area contributed by atoms with Gasteiger partial charge in [0.1, 0.15) is 5.75 Å². The summed E-state index contributed by atoms with van der Waals surface area (Å²) < 4.78 is 5.14. The third-order valence-electron chi connectivity index (χ3n) is 2.88. The van der Waals surface area contributed by atoms with Crippen LogP contribution in [0.5, 0.6) is 5.75 Å². The van der Waals surface area contributed by atoms with Gasteiger partial charge in [-0.25, -0.2) is 0 Å². The van der Waals surface area contributed by atoms with Gasteiger partial charge in [0.05, 0.1) is 7.11 Å². The van der Waals surface area contributed by atoms with Crippen LogP contribution in [0.3, 0.4) is 0 Å². The van der Waals surface area contributed by atoms with Crippen LogP contribution in [0.15, 0.2) is 24.3 Å². The van der Waals surface area contributed by atoms with Crippen LogP contribution in [-0.4, -0.2) is 20.2 Å². The molecule has 0 spiro atoms. The Bertz CT molecular complexity index is 280. The van der Waals surface area contributed by atoms with E-state index in [4.69, 9.17) is 4.74 Å². The first kappa shape index (κ1) is 12.3. The molecule has 84 valence electrons. The average molecular weight is 228 g/mol. The molecule has 1 saturated heterocycles. The Morgan fingerprint density at radius 1 is 1.27 bits per heavy atom. The standard InChI is InChI=1S/C12H17NO.ClH/c1-14-12-6-4-10(5-7-12)11-3-2-8-13-9-11;/h4-7,11,13H,2-3,8-9H2,1H3;1H. The minimum absolute atomic E-state index is 0. The highest BCUT2D eigenvalue weighted by Gasteiger charge is 2.14. The van der Waals surface area contributed by atoms with Crippen LogP contribution in [0.2, 0.25) is 0 Å². The molecule has 0 bridgehead atoms. The number of halogens is 1. The Morgan fingerprint density at radius 3 is 2.53 bits per heavy atom. The van der Waals surface area contributed by atoms with E-state index in [1.165, 1.54) is 24.9 Å². The molecule has 0 aromatic heterocycles. The molecule has 1 fully saturated rings. The number of benzene rings is 1. The molecule has 3 heteroatoms. The van der Waals surface area contributed by atoms with Crippen LogP contribution in [0.25, 0.3) is 0 Å². The van der Waals surface area contributed by atoms with E-state index < -0.39 is 0 Å². The number of nitrogens with one attached hydrogen (secondary N) is 1. The van der Waals surface area contributed by atoms with Gasteiger partial charge in [-0.3, -0.25) is 0 Å². The molecule has 0 amide bonds. The average Bonchev–Trinajstić information content (AvgIpc) is 2.30. The van der Waals surface area contributed by atoms with Crippen molar-refractivity contribution in [1.29, 1.82) is 0 Å². The normalized spacial score (nSPS) is 20.5. The summed E-state index contributed by atoms with van der Waals surface area (Å²) in [6.45, 7) is 2.29. The van der Waals surface area contributed by atoms with Crippen LogP contribution < -0.4 is 10.1 Å². The quantitative estimate of drug-likeness (QED) is 0.839. The van der Waals surface area contributed by atoms with Crippen molar-refractivity contribution in [1.82, 2.24) is 5.32 Å². The van der Waals surface area contributed by atoms with Crippen molar-refractivity contribution in [3.05, 3.63) is 29.8 Å². The van der Waals surface area contributed by atoms with Crippen molar-refractivity contribution in [3.63, 3.8) is 0 Å². The van der Waals surface area contributed by atoms with Crippen molar-refractivity contribution >= 4 is 12.4 Å². The zero-order valence-corrected chi connectivity index (χ0v) is 9.85. The van der Waals surface area contributed by atoms with E-state index >= 15 is 0 Å². The van der Waals surface area contributed by atoms with Gasteiger partial charge in [-0.05, 0) is 43.0 Å². The van der Waals surface area contributed by atoms with Crippen molar-refractivity contribution in [2.45, 2.75) is 18.8 Å². The highest BCUT2D eigenvalue weighted by Crippen LogP contribution is 2.24. The second-order valence-electron chi connectivity index (χ2n) is 3.82. The van der Waals surface area contributed by atoms with Gasteiger partial charge < -0.3 is 10.1 Å². The minimum Gasteiger partial charge on any atom is -0.497 e. The summed E-state index contributed by atoms with van der Waals surface area (Å²) in [6.07, 6.45) is 2.59. The number of methoxy groups -OCH3 is 1. The maximum Gasteiger partial charge on any atom is 0.118 e. The molecule has 0 saturated carbocycles. The SMILES string of the molecule is COc1ccc(C2CCCNC2)cc1.Cl. The highest BCUT2D eigenvalue weighted by atomic mass is 35.5. The number of ether oxygens (including phenoxy) is 1. The van der Waals surface area contributed by atoms with Gasteiger partial charge in [0, 0.05) is 6.54 Å². The Morgan fingerprint density at radius 2 is 2.00 bits per heavy atom. The molecule has 0 radical (unpaired) electrons. The van der Waals surface area contributed by atoms with Crippen molar-refractivity contribution in [3.8, 4) is 5.75 Å². The fourth-order valence-electron chi connectivity index (χ4n) is 2.01. The molecule has 2 nitrogen and oxygen atoms in total. The van der Waals surface area contributed by atoms with E-state index in [1.54, 1.807) is 7.11 Å². The molecular weight excluding hydrogens is 210 g/mol.